The van der Waals surface area contributed by atoms with Crippen molar-refractivity contribution < 1.29 is 0 Å². The molecule has 0 amide bonds. The molecule has 0 N–H and O–H groups in total. The smallest absolute Gasteiger partial charge is 0.0988 e. The average Bonchev–Trinajstić information content (AvgIpc) is 2.97. The second-order valence-corrected chi connectivity index (χ2v) is 6.59. The van der Waals surface area contributed by atoms with Gasteiger partial charge in [0.15, 0.2) is 0 Å². The van der Waals surface area contributed by atoms with E-state index in [-0.39, 0.29) is 0 Å². The van der Waals surface area contributed by atoms with Crippen LogP contribution in [0.5, 0.6) is 0 Å². The molecule has 4 rings (SSSR count). The van der Waals surface area contributed by atoms with E-state index in [1.807, 2.05) is 6.08 Å². The van der Waals surface area contributed by atoms with Crippen LogP contribution in [0.15, 0.2) is 65.8 Å². The van der Waals surface area contributed by atoms with Crippen molar-refractivity contribution >= 4 is 16.3 Å². The molecule has 0 fully saturated rings. The van der Waals surface area contributed by atoms with Crippen molar-refractivity contribution in [2.24, 2.45) is 5.92 Å². The summed E-state index contributed by atoms with van der Waals surface area (Å²) in [4.78, 5) is 0. The van der Waals surface area contributed by atoms with Gasteiger partial charge in [0.2, 0.25) is 0 Å². The lowest BCUT2D eigenvalue weighted by molar-refractivity contribution is 0.647. The SMILES string of the molecule is C/C(CC1C=CC(C#N)=CC1)=C1/Cc2cccc3cccc1c23. The first kappa shape index (κ1) is 14.0. The molecule has 2 aromatic carbocycles. The molecule has 1 atom stereocenters. The summed E-state index contributed by atoms with van der Waals surface area (Å²) in [5.74, 6) is 0.516. The predicted molar refractivity (Wildman–Crippen MR) is 95.8 cm³/mol. The van der Waals surface area contributed by atoms with Gasteiger partial charge in [-0.15, -0.1) is 0 Å². The van der Waals surface area contributed by atoms with E-state index in [0.717, 1.165) is 24.8 Å². The maximum absolute atomic E-state index is 8.94. The third-order valence-electron chi connectivity index (χ3n) is 5.08. The minimum atomic E-state index is 0.516. The van der Waals surface area contributed by atoms with Crippen molar-refractivity contribution in [2.45, 2.75) is 26.2 Å². The molecule has 112 valence electrons. The first-order valence-corrected chi connectivity index (χ1v) is 8.24. The molecule has 2 aromatic rings. The summed E-state index contributed by atoms with van der Waals surface area (Å²) in [5.41, 5.74) is 6.66. The minimum Gasteiger partial charge on any atom is -0.192 e. The van der Waals surface area contributed by atoms with Gasteiger partial charge >= 0.3 is 0 Å². The van der Waals surface area contributed by atoms with Gasteiger partial charge < -0.3 is 0 Å². The Hall–Kier alpha value is -2.59. The van der Waals surface area contributed by atoms with Crippen molar-refractivity contribution in [1.29, 1.82) is 5.26 Å². The van der Waals surface area contributed by atoms with Gasteiger partial charge in [-0.3, -0.25) is 0 Å². The van der Waals surface area contributed by atoms with E-state index in [4.69, 9.17) is 5.26 Å². The third kappa shape index (κ3) is 2.41. The van der Waals surface area contributed by atoms with Crippen LogP contribution in [0.2, 0.25) is 0 Å². The summed E-state index contributed by atoms with van der Waals surface area (Å²) in [6.07, 6.45) is 9.33. The standard InChI is InChI=1S/C22H19N/c1-15(12-16-8-10-17(14-23)11-9-16)21-13-19-6-2-4-18-5-3-7-20(21)22(18)19/h2-8,10-11,16H,9,12-13H2,1H3/b21-15+. The lowest BCUT2D eigenvalue weighted by Crippen LogP contribution is -2.01. The number of nitrogens with zero attached hydrogens (tertiary/aromatic N) is 1. The van der Waals surface area contributed by atoms with E-state index in [0.29, 0.717) is 5.92 Å². The Labute approximate surface area is 137 Å². The normalized spacial score (nSPS) is 21.2. The molecule has 1 unspecified atom stereocenters. The van der Waals surface area contributed by atoms with Crippen LogP contribution < -0.4 is 0 Å². The number of hydrogen-bond donors (Lipinski definition) is 0. The topological polar surface area (TPSA) is 23.8 Å². The van der Waals surface area contributed by atoms with Gasteiger partial charge in [-0.2, -0.15) is 5.26 Å². The van der Waals surface area contributed by atoms with Crippen molar-refractivity contribution in [3.8, 4) is 6.07 Å². The van der Waals surface area contributed by atoms with Crippen molar-refractivity contribution in [1.82, 2.24) is 0 Å². The molecule has 23 heavy (non-hydrogen) atoms. The van der Waals surface area contributed by atoms with Crippen LogP contribution in [-0.4, -0.2) is 0 Å². The molecule has 0 bridgehead atoms. The summed E-state index contributed by atoms with van der Waals surface area (Å²) < 4.78 is 0. The predicted octanol–water partition coefficient (Wildman–Crippen LogP) is 5.59. The maximum Gasteiger partial charge on any atom is 0.0988 e. The zero-order valence-electron chi connectivity index (χ0n) is 13.3. The van der Waals surface area contributed by atoms with E-state index >= 15 is 0 Å². The molecule has 0 aromatic heterocycles. The fourth-order valence-electron chi connectivity index (χ4n) is 3.90. The van der Waals surface area contributed by atoms with Crippen LogP contribution in [0, 0.1) is 17.2 Å². The van der Waals surface area contributed by atoms with Gasteiger partial charge in [0.25, 0.3) is 0 Å². The van der Waals surface area contributed by atoms with E-state index in [1.54, 1.807) is 0 Å². The van der Waals surface area contributed by atoms with E-state index < -0.39 is 0 Å². The van der Waals surface area contributed by atoms with Gasteiger partial charge in [0, 0.05) is 5.57 Å². The number of nitriles is 1. The molecule has 0 saturated heterocycles. The Kier molecular flexibility index (Phi) is 3.39. The minimum absolute atomic E-state index is 0.516. The van der Waals surface area contributed by atoms with Crippen LogP contribution in [0.4, 0.5) is 0 Å². The quantitative estimate of drug-likeness (QED) is 0.709. The molecule has 0 aliphatic heterocycles. The van der Waals surface area contributed by atoms with Crippen LogP contribution in [0.1, 0.15) is 30.9 Å². The number of rotatable bonds is 2. The van der Waals surface area contributed by atoms with Crippen molar-refractivity contribution in [3.05, 3.63) is 76.9 Å². The molecular weight excluding hydrogens is 278 g/mol. The second-order valence-electron chi connectivity index (χ2n) is 6.59. The van der Waals surface area contributed by atoms with Crippen LogP contribution in [-0.2, 0) is 6.42 Å². The highest BCUT2D eigenvalue weighted by atomic mass is 14.3. The maximum atomic E-state index is 8.94. The summed E-state index contributed by atoms with van der Waals surface area (Å²) >= 11 is 0. The first-order valence-electron chi connectivity index (χ1n) is 8.24. The molecule has 0 saturated carbocycles. The number of allylic oxidation sites excluding steroid dienone is 6. The summed E-state index contributed by atoms with van der Waals surface area (Å²) in [5, 5.41) is 11.7. The van der Waals surface area contributed by atoms with E-state index in [9.17, 15) is 0 Å². The highest BCUT2D eigenvalue weighted by Gasteiger charge is 2.21. The average molecular weight is 297 g/mol. The van der Waals surface area contributed by atoms with Gasteiger partial charge in [-0.1, -0.05) is 54.1 Å². The van der Waals surface area contributed by atoms with Crippen LogP contribution in [0.25, 0.3) is 16.3 Å². The van der Waals surface area contributed by atoms with Crippen molar-refractivity contribution in [3.63, 3.8) is 0 Å². The number of benzene rings is 2. The van der Waals surface area contributed by atoms with Crippen LogP contribution >= 0.6 is 0 Å². The highest BCUT2D eigenvalue weighted by molar-refractivity contribution is 6.02. The van der Waals surface area contributed by atoms with E-state index in [2.05, 4.69) is 61.5 Å². The molecule has 0 radical (unpaired) electrons. The molecule has 1 heteroatoms. The molecule has 0 heterocycles. The summed E-state index contributed by atoms with van der Waals surface area (Å²) in [6, 6.07) is 15.5. The summed E-state index contributed by atoms with van der Waals surface area (Å²) in [6.45, 7) is 2.28. The Bertz CT molecular complexity index is 913. The Morgan fingerprint density at radius 3 is 2.78 bits per heavy atom. The lowest BCUT2D eigenvalue weighted by atomic mass is 9.88. The largest absolute Gasteiger partial charge is 0.192 e. The zero-order valence-corrected chi connectivity index (χ0v) is 13.3. The third-order valence-corrected chi connectivity index (χ3v) is 5.08. The van der Waals surface area contributed by atoms with Gasteiger partial charge in [0.1, 0.15) is 0 Å². The summed E-state index contributed by atoms with van der Waals surface area (Å²) in [7, 11) is 0. The fraction of sp³-hybridized carbons (Fsp3) is 0.227. The highest BCUT2D eigenvalue weighted by Crippen LogP contribution is 2.40. The second kappa shape index (κ2) is 5.56. The zero-order chi connectivity index (χ0) is 15.8. The first-order chi connectivity index (χ1) is 11.3. The van der Waals surface area contributed by atoms with E-state index in [1.165, 1.54) is 33.0 Å². The van der Waals surface area contributed by atoms with Gasteiger partial charge in [0.05, 0.1) is 6.07 Å². The molecule has 1 nitrogen and oxygen atoms in total. The Morgan fingerprint density at radius 2 is 2.04 bits per heavy atom. The van der Waals surface area contributed by atoms with Gasteiger partial charge in [-0.05, 0) is 65.7 Å². The lowest BCUT2D eigenvalue weighted by Gasteiger charge is -2.16. The number of hydrogen-bond acceptors (Lipinski definition) is 1. The van der Waals surface area contributed by atoms with Crippen LogP contribution in [0.3, 0.4) is 0 Å². The Morgan fingerprint density at radius 1 is 1.22 bits per heavy atom. The Balaban J connectivity index is 1.66. The molecule has 2 aliphatic carbocycles. The molecular formula is C22H19N. The monoisotopic (exact) mass is 297 g/mol. The fourth-order valence-corrected chi connectivity index (χ4v) is 3.90. The molecule has 0 spiro atoms. The molecule has 2 aliphatic rings. The van der Waals surface area contributed by atoms with Crippen molar-refractivity contribution in [2.75, 3.05) is 0 Å². The van der Waals surface area contributed by atoms with Gasteiger partial charge in [-0.25, -0.2) is 0 Å².